The van der Waals surface area contributed by atoms with Crippen molar-refractivity contribution in [2.45, 2.75) is 211 Å². The van der Waals surface area contributed by atoms with E-state index in [9.17, 15) is 48.3 Å². The molecule has 1 unspecified atom stereocenters. The number of rotatable bonds is 34. The van der Waals surface area contributed by atoms with Crippen LogP contribution in [0.25, 0.3) is 0 Å². The summed E-state index contributed by atoms with van der Waals surface area (Å²) in [5.41, 5.74) is 1.22. The molecule has 4 saturated heterocycles. The number of fused-ring (bicyclic) bond motifs is 2. The predicted molar refractivity (Wildman–Crippen MR) is 387 cm³/mol. The van der Waals surface area contributed by atoms with Gasteiger partial charge >= 0.3 is 12.2 Å². The van der Waals surface area contributed by atoms with Gasteiger partial charge in [0.1, 0.15) is 53.5 Å². The number of hydrogen-bond donors (Lipinski definition) is 7. The monoisotopic (exact) mass is 1460 g/mol. The van der Waals surface area contributed by atoms with Crippen molar-refractivity contribution in [1.82, 2.24) is 66.5 Å². The fourth-order valence-corrected chi connectivity index (χ4v) is 14.1. The summed E-state index contributed by atoms with van der Waals surface area (Å²) in [4.78, 5) is 146. The van der Waals surface area contributed by atoms with Gasteiger partial charge in [0, 0.05) is 76.7 Å². The van der Waals surface area contributed by atoms with Crippen LogP contribution in [0.2, 0.25) is 0 Å². The minimum absolute atomic E-state index is 0.0507. The number of hydrogen-bond acceptors (Lipinski definition) is 18. The Morgan fingerprint density at radius 2 is 1.01 bits per heavy atom. The van der Waals surface area contributed by atoms with E-state index in [0.29, 0.717) is 75.8 Å². The van der Waals surface area contributed by atoms with Crippen molar-refractivity contribution >= 4 is 59.4 Å². The maximum absolute atomic E-state index is 15.1. The van der Waals surface area contributed by atoms with E-state index in [1.165, 1.54) is 28.8 Å². The van der Waals surface area contributed by atoms with Crippen molar-refractivity contribution in [3.63, 3.8) is 0 Å². The Morgan fingerprint density at radius 3 is 1.50 bits per heavy atom. The molecule has 574 valence electrons. The standard InChI is InChI=1S/C76H109N13O16/c1-11-57(85(9)73(99)104-75(3,4)5)66(92)81-64-52(28-31-55-33-35-59(88(55)71(64)97)68(94)79-62(49-22-16-13-17-23-49)50-24-18-14-19-25-50)46-78-61(91)37-30-54-47-87(84-83-54)39-41-102-43-45-103-44-42-101-40-38-77-70(96)63(51-26-20-15-21-27-51)80-69(95)60-36-34-56-32-29-53(48-90)65(72(98)89(56)60)82-67(93)58(12-2)86(10)74(100)105-76(6,7)8/h13-27,47,52-53,55-60,62-65,90H,11-12,28-46,48H2,1-10H3,(H,77,96)(H,78,91)(H,79,94)(H,80,95)(H,81,92)(H,82,93)/t52-,53-,55+,56+,57+,58+,59?,60+,63+,64+,65+/m1/s1. The highest BCUT2D eigenvalue weighted by molar-refractivity contribution is 5.97. The molecule has 11 atom stereocenters. The highest BCUT2D eigenvalue weighted by Gasteiger charge is 2.51. The summed E-state index contributed by atoms with van der Waals surface area (Å²) in [7, 11) is 2.93. The molecular formula is C76H109N13O16. The summed E-state index contributed by atoms with van der Waals surface area (Å²) in [6.45, 7) is 15.5. The van der Waals surface area contributed by atoms with Crippen LogP contribution in [0.1, 0.15) is 160 Å². The lowest BCUT2D eigenvalue weighted by atomic mass is 9.92. The molecule has 29 nitrogen and oxygen atoms in total. The number of benzene rings is 3. The van der Waals surface area contributed by atoms with E-state index in [1.54, 1.807) is 102 Å². The van der Waals surface area contributed by atoms with Gasteiger partial charge in [0.2, 0.25) is 47.3 Å². The van der Waals surface area contributed by atoms with Crippen LogP contribution in [-0.2, 0) is 75.0 Å². The predicted octanol–water partition coefficient (Wildman–Crippen LogP) is 5.05. The Hall–Kier alpha value is -9.06. The Labute approximate surface area is 615 Å². The van der Waals surface area contributed by atoms with Crippen LogP contribution >= 0.6 is 0 Å². The third kappa shape index (κ3) is 23.0. The highest BCUT2D eigenvalue weighted by atomic mass is 16.6. The van der Waals surface area contributed by atoms with Gasteiger partial charge in [0.25, 0.3) is 0 Å². The van der Waals surface area contributed by atoms with E-state index in [1.807, 2.05) is 60.7 Å². The molecule has 10 amide bonds. The van der Waals surface area contributed by atoms with Crippen LogP contribution < -0.4 is 31.9 Å². The van der Waals surface area contributed by atoms with E-state index < -0.39 is 126 Å². The van der Waals surface area contributed by atoms with Gasteiger partial charge in [0.05, 0.1) is 57.9 Å². The van der Waals surface area contributed by atoms with Gasteiger partial charge in [-0.1, -0.05) is 110 Å². The molecule has 0 aliphatic carbocycles. The Morgan fingerprint density at radius 1 is 0.562 bits per heavy atom. The molecule has 1 aromatic heterocycles. The van der Waals surface area contributed by atoms with Crippen LogP contribution in [-0.4, -0.2) is 232 Å². The number of aryl methyl sites for hydroxylation is 1. The molecule has 8 rings (SSSR count). The molecule has 5 heterocycles. The smallest absolute Gasteiger partial charge is 0.410 e. The third-order valence-electron chi connectivity index (χ3n) is 19.6. The van der Waals surface area contributed by atoms with Gasteiger partial charge in [-0.05, 0) is 122 Å². The molecule has 0 radical (unpaired) electrons. The van der Waals surface area contributed by atoms with Crippen LogP contribution in [0, 0.1) is 11.8 Å². The van der Waals surface area contributed by atoms with Crippen molar-refractivity contribution in [3.8, 4) is 0 Å². The first-order valence-corrected chi connectivity index (χ1v) is 36.9. The molecule has 3 aromatic carbocycles. The first-order chi connectivity index (χ1) is 50.2. The second-order valence-electron chi connectivity index (χ2n) is 29.4. The van der Waals surface area contributed by atoms with Crippen molar-refractivity contribution in [1.29, 1.82) is 0 Å². The van der Waals surface area contributed by atoms with E-state index in [2.05, 4.69) is 42.2 Å². The number of ether oxygens (including phenoxy) is 5. The molecule has 7 N–H and O–H groups in total. The lowest BCUT2D eigenvalue weighted by Gasteiger charge is -2.34. The fourth-order valence-electron chi connectivity index (χ4n) is 14.1. The van der Waals surface area contributed by atoms with E-state index in [-0.39, 0.29) is 95.7 Å². The molecule has 4 aromatic rings. The number of likely N-dealkylation sites (N-methyl/N-ethyl adjacent to an activating group) is 2. The van der Waals surface area contributed by atoms with Gasteiger partial charge in [0.15, 0.2) is 0 Å². The molecule has 0 spiro atoms. The summed E-state index contributed by atoms with van der Waals surface area (Å²) in [5, 5.41) is 36.7. The molecule has 105 heavy (non-hydrogen) atoms. The third-order valence-corrected chi connectivity index (χ3v) is 19.6. The minimum Gasteiger partial charge on any atom is -0.444 e. The van der Waals surface area contributed by atoms with Crippen LogP contribution in [0.5, 0.6) is 0 Å². The average molecular weight is 1460 g/mol. The minimum atomic E-state index is -1.18. The number of nitrogens with one attached hydrogen (secondary N) is 6. The number of carbonyl (C=O) groups excluding carboxylic acids is 10. The SMILES string of the molecule is CC[C@@H](C(=O)N[C@@H]1C(=O)N2C(C(=O)NC(c3ccccc3)c3ccccc3)CC[C@@H]2CC[C@@H]1CNC(=O)CCc1cn(CCOCCOCCOCCNC(=O)[C@@H](NC(=O)[C@@H]2CC[C@@H]3CC[C@H](CO)[C@H](NC(=O)[C@H](CC)N(C)C(=O)OC(C)(C)C)C(=O)N32)c2ccccc2)nn1)N(C)C(=O)OC(C)(C)C. The topological polar surface area (TPSA) is 353 Å². The second kappa shape index (κ2) is 38.8. The van der Waals surface area contributed by atoms with Crippen molar-refractivity contribution in [2.75, 3.05) is 73.4 Å². The number of amides is 10. The zero-order valence-electron chi connectivity index (χ0n) is 62.4. The first kappa shape index (κ1) is 81.6. The Balaban J connectivity index is 0.750. The number of nitrogens with zero attached hydrogens (tertiary/aromatic N) is 7. The number of aromatic nitrogens is 3. The average Bonchev–Trinajstić information content (AvgIpc) is 1.65. The zero-order chi connectivity index (χ0) is 76.0. The molecule has 4 aliphatic heterocycles. The summed E-state index contributed by atoms with van der Waals surface area (Å²) in [5.74, 6) is -4.98. The number of carbonyl (C=O) groups is 10. The van der Waals surface area contributed by atoms with Gasteiger partial charge in [-0.25, -0.2) is 14.3 Å². The van der Waals surface area contributed by atoms with Gasteiger partial charge in [-0.3, -0.25) is 48.2 Å². The van der Waals surface area contributed by atoms with Crippen molar-refractivity contribution in [3.05, 3.63) is 120 Å². The highest BCUT2D eigenvalue weighted by Crippen LogP contribution is 2.37. The summed E-state index contributed by atoms with van der Waals surface area (Å²) in [6.07, 6.45) is 4.78. The van der Waals surface area contributed by atoms with Gasteiger partial charge < -0.3 is 70.5 Å². The van der Waals surface area contributed by atoms with Gasteiger partial charge in [-0.15, -0.1) is 5.10 Å². The molecule has 0 bridgehead atoms. The summed E-state index contributed by atoms with van der Waals surface area (Å²) < 4.78 is 29.9. The zero-order valence-corrected chi connectivity index (χ0v) is 62.4. The summed E-state index contributed by atoms with van der Waals surface area (Å²) >= 11 is 0. The van der Waals surface area contributed by atoms with E-state index >= 15 is 4.79 Å². The molecule has 4 aliphatic rings. The molecule has 4 fully saturated rings. The Bertz CT molecular complexity index is 3500. The lowest BCUT2D eigenvalue weighted by Crippen LogP contribution is -2.60. The number of aliphatic hydroxyl groups excluding tert-OH is 1. The van der Waals surface area contributed by atoms with Gasteiger partial charge in [-0.2, -0.15) is 0 Å². The summed E-state index contributed by atoms with van der Waals surface area (Å²) in [6, 6.07) is 19.6. The first-order valence-electron chi connectivity index (χ1n) is 36.9. The second-order valence-corrected chi connectivity index (χ2v) is 29.4. The van der Waals surface area contributed by atoms with E-state index in [0.717, 1.165) is 11.1 Å². The normalized spacial score (nSPS) is 21.1. The van der Waals surface area contributed by atoms with Crippen molar-refractivity contribution in [2.24, 2.45) is 11.8 Å². The van der Waals surface area contributed by atoms with Crippen LogP contribution in [0.3, 0.4) is 0 Å². The molecular weight excluding hydrogens is 1350 g/mol. The van der Waals surface area contributed by atoms with Crippen LogP contribution in [0.15, 0.2) is 97.2 Å². The van der Waals surface area contributed by atoms with Crippen molar-refractivity contribution < 1.29 is 76.7 Å². The fraction of sp³-hybridized carbons (Fsp3) is 0.605. The Kier molecular flexibility index (Phi) is 30.2. The quantitative estimate of drug-likeness (QED) is 0.0301. The largest absolute Gasteiger partial charge is 0.444 e. The van der Waals surface area contributed by atoms with Crippen LogP contribution in [0.4, 0.5) is 9.59 Å². The number of aliphatic hydroxyl groups is 1. The molecule has 29 heteroatoms. The lowest BCUT2D eigenvalue weighted by molar-refractivity contribution is -0.145. The molecule has 0 saturated carbocycles. The maximum Gasteiger partial charge on any atom is 0.410 e. The van der Waals surface area contributed by atoms with E-state index in [4.69, 9.17) is 23.7 Å². The maximum atomic E-state index is 15.1.